The lowest BCUT2D eigenvalue weighted by molar-refractivity contribution is 0.254. The van der Waals surface area contributed by atoms with Crippen molar-refractivity contribution in [3.8, 4) is 6.07 Å². The van der Waals surface area contributed by atoms with Crippen LogP contribution in [-0.4, -0.2) is 13.1 Å². The highest BCUT2D eigenvalue weighted by molar-refractivity contribution is 5.88. The van der Waals surface area contributed by atoms with Gasteiger partial charge in [-0.2, -0.15) is 5.26 Å². The number of rotatable bonds is 3. The zero-order valence-electron chi connectivity index (χ0n) is 12.1. The molecular weight excluding hydrogens is 262 g/mol. The van der Waals surface area contributed by atoms with Crippen molar-refractivity contribution >= 4 is 11.7 Å². The van der Waals surface area contributed by atoms with Crippen molar-refractivity contribution < 1.29 is 4.79 Å². The number of carbonyl (C=O) groups is 1. The van der Waals surface area contributed by atoms with Gasteiger partial charge in [-0.15, -0.1) is 0 Å². The van der Waals surface area contributed by atoms with E-state index in [1.54, 1.807) is 19.2 Å². The summed E-state index contributed by atoms with van der Waals surface area (Å²) < 4.78 is 0. The van der Waals surface area contributed by atoms with Gasteiger partial charge < -0.3 is 10.6 Å². The minimum absolute atomic E-state index is 0.270. The maximum absolute atomic E-state index is 11.3. The number of nitriles is 1. The quantitative estimate of drug-likeness (QED) is 0.905. The standard InChI is InChI=1S/C17H17N3O/c1-17(12-18,13-6-4-3-5-7-13)14-8-10-15(11-9-14)20-16(21)19-2/h3-11H,1-2H3,(H2,19,20,21). The topological polar surface area (TPSA) is 64.9 Å². The second kappa shape index (κ2) is 6.10. The zero-order valence-corrected chi connectivity index (χ0v) is 12.1. The van der Waals surface area contributed by atoms with Crippen molar-refractivity contribution in [2.45, 2.75) is 12.3 Å². The summed E-state index contributed by atoms with van der Waals surface area (Å²) >= 11 is 0. The maximum atomic E-state index is 11.3. The molecular formula is C17H17N3O. The Labute approximate surface area is 124 Å². The predicted octanol–water partition coefficient (Wildman–Crippen LogP) is 3.27. The summed E-state index contributed by atoms with van der Waals surface area (Å²) in [5.74, 6) is 0. The molecule has 4 nitrogen and oxygen atoms in total. The molecule has 0 spiro atoms. The summed E-state index contributed by atoms with van der Waals surface area (Å²) in [5, 5.41) is 14.8. The van der Waals surface area contributed by atoms with Gasteiger partial charge in [-0.25, -0.2) is 4.79 Å². The van der Waals surface area contributed by atoms with E-state index in [0.29, 0.717) is 5.69 Å². The Balaban J connectivity index is 2.32. The molecule has 1 unspecified atom stereocenters. The molecule has 106 valence electrons. The molecule has 0 aliphatic rings. The lowest BCUT2D eigenvalue weighted by Gasteiger charge is -2.23. The molecule has 0 saturated carbocycles. The zero-order chi connectivity index (χ0) is 15.3. The van der Waals surface area contributed by atoms with Crippen LogP contribution in [-0.2, 0) is 5.41 Å². The van der Waals surface area contributed by atoms with E-state index in [-0.39, 0.29) is 6.03 Å². The van der Waals surface area contributed by atoms with Crippen molar-refractivity contribution in [3.63, 3.8) is 0 Å². The molecule has 0 bridgehead atoms. The Morgan fingerprint density at radius 3 is 2.14 bits per heavy atom. The third kappa shape index (κ3) is 3.03. The average Bonchev–Trinajstić information content (AvgIpc) is 2.55. The molecule has 0 aromatic heterocycles. The van der Waals surface area contributed by atoms with Gasteiger partial charge in [0.2, 0.25) is 0 Å². The van der Waals surface area contributed by atoms with Gasteiger partial charge in [0.15, 0.2) is 0 Å². The number of hydrogen-bond donors (Lipinski definition) is 2. The highest BCUT2D eigenvalue weighted by Crippen LogP contribution is 2.31. The number of amides is 2. The van der Waals surface area contributed by atoms with Crippen LogP contribution in [0.2, 0.25) is 0 Å². The van der Waals surface area contributed by atoms with Gasteiger partial charge in [-0.05, 0) is 30.2 Å². The first-order chi connectivity index (χ1) is 10.1. The number of hydrogen-bond acceptors (Lipinski definition) is 2. The van der Waals surface area contributed by atoms with E-state index in [9.17, 15) is 10.1 Å². The molecule has 2 amide bonds. The third-order valence-electron chi connectivity index (χ3n) is 3.52. The molecule has 0 fully saturated rings. The van der Waals surface area contributed by atoms with Crippen molar-refractivity contribution in [2.75, 3.05) is 12.4 Å². The summed E-state index contributed by atoms with van der Waals surface area (Å²) in [4.78, 5) is 11.3. The van der Waals surface area contributed by atoms with Gasteiger partial charge >= 0.3 is 6.03 Å². The summed E-state index contributed by atoms with van der Waals surface area (Å²) in [6.45, 7) is 1.89. The van der Waals surface area contributed by atoms with E-state index in [2.05, 4.69) is 16.7 Å². The molecule has 0 aliphatic carbocycles. The van der Waals surface area contributed by atoms with Crippen LogP contribution in [0.4, 0.5) is 10.5 Å². The summed E-state index contributed by atoms with van der Waals surface area (Å²) in [6.07, 6.45) is 0. The normalized spacial score (nSPS) is 12.8. The maximum Gasteiger partial charge on any atom is 0.318 e. The largest absolute Gasteiger partial charge is 0.341 e. The van der Waals surface area contributed by atoms with Crippen LogP contribution < -0.4 is 10.6 Å². The molecule has 2 N–H and O–H groups in total. The SMILES string of the molecule is CNC(=O)Nc1ccc(C(C)(C#N)c2ccccc2)cc1. The van der Waals surface area contributed by atoms with Crippen molar-refractivity contribution in [1.29, 1.82) is 5.26 Å². The first kappa shape index (κ1) is 14.6. The first-order valence-electron chi connectivity index (χ1n) is 6.66. The van der Waals surface area contributed by atoms with Crippen LogP contribution in [0, 0.1) is 11.3 Å². The van der Waals surface area contributed by atoms with Crippen LogP contribution in [0.25, 0.3) is 0 Å². The van der Waals surface area contributed by atoms with Crippen LogP contribution in [0.3, 0.4) is 0 Å². The van der Waals surface area contributed by atoms with Crippen molar-refractivity contribution in [1.82, 2.24) is 5.32 Å². The molecule has 0 heterocycles. The summed E-state index contributed by atoms with van der Waals surface area (Å²) in [6, 6.07) is 19.1. The van der Waals surface area contributed by atoms with Crippen LogP contribution in [0.1, 0.15) is 18.1 Å². The number of urea groups is 1. The molecule has 2 rings (SSSR count). The number of nitrogens with zero attached hydrogens (tertiary/aromatic N) is 1. The Bertz CT molecular complexity index is 659. The fourth-order valence-corrected chi connectivity index (χ4v) is 2.15. The molecule has 2 aromatic rings. The lowest BCUT2D eigenvalue weighted by atomic mass is 9.77. The first-order valence-corrected chi connectivity index (χ1v) is 6.66. The smallest absolute Gasteiger partial charge is 0.318 e. The van der Waals surface area contributed by atoms with Crippen LogP contribution in [0.15, 0.2) is 54.6 Å². The highest BCUT2D eigenvalue weighted by atomic mass is 16.2. The molecule has 0 saturated heterocycles. The van der Waals surface area contributed by atoms with Gasteiger partial charge in [0.25, 0.3) is 0 Å². The number of nitrogens with one attached hydrogen (secondary N) is 2. The van der Waals surface area contributed by atoms with Crippen LogP contribution in [0.5, 0.6) is 0 Å². The molecule has 4 heteroatoms. The minimum Gasteiger partial charge on any atom is -0.341 e. The Hall–Kier alpha value is -2.80. The Kier molecular flexibility index (Phi) is 4.24. The van der Waals surface area contributed by atoms with Crippen molar-refractivity contribution in [2.24, 2.45) is 0 Å². The van der Waals surface area contributed by atoms with Gasteiger partial charge in [0.1, 0.15) is 5.41 Å². The summed E-state index contributed by atoms with van der Waals surface area (Å²) in [7, 11) is 1.56. The van der Waals surface area contributed by atoms with Gasteiger partial charge in [-0.1, -0.05) is 42.5 Å². The van der Waals surface area contributed by atoms with Crippen LogP contribution >= 0.6 is 0 Å². The highest BCUT2D eigenvalue weighted by Gasteiger charge is 2.28. The molecule has 0 radical (unpaired) electrons. The Morgan fingerprint density at radius 2 is 1.62 bits per heavy atom. The molecule has 1 atom stereocenters. The van der Waals surface area contributed by atoms with E-state index in [0.717, 1.165) is 11.1 Å². The number of anilines is 1. The lowest BCUT2D eigenvalue weighted by Crippen LogP contribution is -2.24. The summed E-state index contributed by atoms with van der Waals surface area (Å²) in [5.41, 5.74) is 1.80. The second-order valence-corrected chi connectivity index (χ2v) is 4.88. The van der Waals surface area contributed by atoms with Gasteiger partial charge in [0, 0.05) is 12.7 Å². The van der Waals surface area contributed by atoms with Crippen molar-refractivity contribution in [3.05, 3.63) is 65.7 Å². The monoisotopic (exact) mass is 279 g/mol. The second-order valence-electron chi connectivity index (χ2n) is 4.88. The fraction of sp³-hybridized carbons (Fsp3) is 0.176. The minimum atomic E-state index is -0.715. The van der Waals surface area contributed by atoms with E-state index in [4.69, 9.17) is 0 Å². The predicted molar refractivity (Wildman–Crippen MR) is 83.0 cm³/mol. The number of carbonyl (C=O) groups excluding carboxylic acids is 1. The van der Waals surface area contributed by atoms with E-state index >= 15 is 0 Å². The van der Waals surface area contributed by atoms with E-state index in [1.807, 2.05) is 49.4 Å². The number of benzene rings is 2. The molecule has 2 aromatic carbocycles. The van der Waals surface area contributed by atoms with E-state index in [1.165, 1.54) is 0 Å². The van der Waals surface area contributed by atoms with E-state index < -0.39 is 5.41 Å². The average molecular weight is 279 g/mol. The molecule has 0 aliphatic heterocycles. The Morgan fingerprint density at radius 1 is 1.05 bits per heavy atom. The molecule has 21 heavy (non-hydrogen) atoms. The van der Waals surface area contributed by atoms with Gasteiger partial charge in [-0.3, -0.25) is 0 Å². The van der Waals surface area contributed by atoms with Gasteiger partial charge in [0.05, 0.1) is 6.07 Å². The fourth-order valence-electron chi connectivity index (χ4n) is 2.15. The third-order valence-corrected chi connectivity index (χ3v) is 3.52.